The summed E-state index contributed by atoms with van der Waals surface area (Å²) in [4.78, 5) is 86.6. The van der Waals surface area contributed by atoms with Gasteiger partial charge in [-0.25, -0.2) is 9.59 Å². The molecule has 3 aliphatic rings. The number of Topliss-reactive ketones (excluding diaryl/α,β-unsaturated/α-hetero) is 2. The molecular formula is C51H90N8O13S. The maximum atomic E-state index is 13.1. The number of unbranched alkanes of at least 4 members (excludes halogenated alkanes) is 3. The van der Waals surface area contributed by atoms with E-state index in [9.17, 15) is 33.6 Å². The van der Waals surface area contributed by atoms with E-state index < -0.39 is 17.7 Å². The number of amides is 6. The Morgan fingerprint density at radius 3 is 1.75 bits per heavy atom. The summed E-state index contributed by atoms with van der Waals surface area (Å²) in [5.41, 5.74) is 5.96. The Morgan fingerprint density at radius 1 is 0.630 bits per heavy atom. The van der Waals surface area contributed by atoms with Crippen molar-refractivity contribution in [3.8, 4) is 0 Å². The number of allylic oxidation sites excluding steroid dienone is 2. The van der Waals surface area contributed by atoms with Crippen LogP contribution in [0.1, 0.15) is 131 Å². The molecule has 0 aromatic heterocycles. The van der Waals surface area contributed by atoms with Gasteiger partial charge in [-0.2, -0.15) is 11.8 Å². The molecule has 2 aliphatic heterocycles. The van der Waals surface area contributed by atoms with E-state index >= 15 is 0 Å². The van der Waals surface area contributed by atoms with Gasteiger partial charge in [0.1, 0.15) is 5.60 Å². The number of urea groups is 1. The van der Waals surface area contributed by atoms with Crippen molar-refractivity contribution in [2.75, 3.05) is 105 Å². The quantitative estimate of drug-likeness (QED) is 0.0189. The van der Waals surface area contributed by atoms with Crippen LogP contribution in [0.2, 0.25) is 0 Å². The van der Waals surface area contributed by atoms with Crippen LogP contribution in [0.25, 0.3) is 0 Å². The molecule has 0 aromatic carbocycles. The lowest BCUT2D eigenvalue weighted by atomic mass is 9.73. The second-order valence-electron chi connectivity index (χ2n) is 20.5. The minimum absolute atomic E-state index is 0.0558. The molecule has 3 fully saturated rings. The van der Waals surface area contributed by atoms with Crippen molar-refractivity contribution in [3.63, 3.8) is 0 Å². The minimum atomic E-state index is -0.642. The van der Waals surface area contributed by atoms with Gasteiger partial charge in [0.25, 0.3) is 0 Å². The standard InChI is InChI=1S/C51H90N8O13S/c1-50(2,3)72-49(66)57-23-27-70-31-30-69-26-22-53-38(45-40(60)34-51(4,5)35-41(45)61)15-6-8-17-43(62)54-19-11-10-14-37(52)47(64)56-21-13-25-68-29-33-71-32-28-67-24-12-20-55-44(63)18-9-7-16-42-46-39(36-73-42)58-48(65)59-46/h37,39,42,46,53H,6-36,52H2,1-5H3,(H,54,62)(H,55,63)(H,56,64)(H,57,66)(H2,58,59,65)/t37-,39-,42-,46-/m0/s1. The molecule has 0 spiro atoms. The van der Waals surface area contributed by atoms with Crippen LogP contribution in [-0.4, -0.2) is 175 Å². The number of carbonyl (C=O) groups is 7. The summed E-state index contributed by atoms with van der Waals surface area (Å²) in [6.07, 6.45) is 8.54. The fraction of sp³-hybridized carbons (Fsp3) is 0.824. The number of thioether (sulfide) groups is 1. The van der Waals surface area contributed by atoms with E-state index in [-0.39, 0.29) is 58.4 Å². The topological polar surface area (TPSA) is 285 Å². The fourth-order valence-corrected chi connectivity index (χ4v) is 9.93. The number of hydrogen-bond donors (Lipinski definition) is 8. The van der Waals surface area contributed by atoms with E-state index in [0.717, 1.165) is 31.4 Å². The molecule has 0 radical (unpaired) electrons. The molecular weight excluding hydrogens is 965 g/mol. The van der Waals surface area contributed by atoms with E-state index in [2.05, 4.69) is 37.2 Å². The van der Waals surface area contributed by atoms with Crippen LogP contribution in [0.5, 0.6) is 0 Å². The second-order valence-corrected chi connectivity index (χ2v) is 21.8. The van der Waals surface area contributed by atoms with E-state index in [4.69, 9.17) is 34.2 Å². The monoisotopic (exact) mass is 1050 g/mol. The Bertz CT molecular complexity index is 1710. The third-order valence-electron chi connectivity index (χ3n) is 12.1. The number of fused-ring (bicyclic) bond motifs is 1. The molecule has 3 rings (SSSR count). The van der Waals surface area contributed by atoms with Gasteiger partial charge in [0, 0.05) is 88.3 Å². The number of nitrogens with one attached hydrogen (secondary N) is 7. The molecule has 0 aromatic rings. The second kappa shape index (κ2) is 36.0. The summed E-state index contributed by atoms with van der Waals surface area (Å²) in [6, 6.07) is -0.275. The van der Waals surface area contributed by atoms with E-state index in [1.807, 2.05) is 25.6 Å². The van der Waals surface area contributed by atoms with Gasteiger partial charge in [0.05, 0.1) is 76.6 Å². The highest BCUT2D eigenvalue weighted by molar-refractivity contribution is 8.00. The molecule has 2 saturated heterocycles. The molecule has 0 unspecified atom stereocenters. The third kappa shape index (κ3) is 29.0. The first-order valence-corrected chi connectivity index (χ1v) is 27.6. The van der Waals surface area contributed by atoms with Gasteiger partial charge < -0.3 is 71.4 Å². The molecule has 6 amide bonds. The Hall–Kier alpha value is -4.06. The Kier molecular flexibility index (Phi) is 31.2. The summed E-state index contributed by atoms with van der Waals surface area (Å²) in [5.74, 6) is 0.364. The predicted octanol–water partition coefficient (Wildman–Crippen LogP) is 3.31. The Labute approximate surface area is 437 Å². The van der Waals surface area contributed by atoms with Crippen LogP contribution in [0.3, 0.4) is 0 Å². The molecule has 418 valence electrons. The van der Waals surface area contributed by atoms with Gasteiger partial charge in [-0.15, -0.1) is 0 Å². The largest absolute Gasteiger partial charge is 0.444 e. The number of rotatable bonds is 40. The number of ketones is 2. The van der Waals surface area contributed by atoms with Gasteiger partial charge >= 0.3 is 12.1 Å². The maximum Gasteiger partial charge on any atom is 0.407 e. The number of ether oxygens (including phenoxy) is 6. The summed E-state index contributed by atoms with van der Waals surface area (Å²) < 4.78 is 33.1. The first-order valence-electron chi connectivity index (χ1n) is 26.6. The normalized spacial score (nSPS) is 18.6. The highest BCUT2D eigenvalue weighted by atomic mass is 32.2. The summed E-state index contributed by atoms with van der Waals surface area (Å²) >= 11 is 1.89. The SMILES string of the molecule is CC1(C)CC(=O)C(=C(CCCCC(=O)NCCCC[C@H](N)C(=O)NCCCOCCOCCOCCCNC(=O)CCCC[C@@H]2SC[C@@H]3NC(=O)N[C@@H]32)NCCOCCOCCNC(=O)OC(C)(C)C)C(=O)C1. The maximum absolute atomic E-state index is 13.1. The van der Waals surface area contributed by atoms with Gasteiger partial charge in [-0.1, -0.05) is 20.3 Å². The zero-order valence-corrected chi connectivity index (χ0v) is 45.3. The zero-order valence-electron chi connectivity index (χ0n) is 44.5. The van der Waals surface area contributed by atoms with Crippen LogP contribution in [-0.2, 0) is 52.4 Å². The van der Waals surface area contributed by atoms with Crippen LogP contribution in [0.4, 0.5) is 9.59 Å². The zero-order chi connectivity index (χ0) is 53.3. The first-order chi connectivity index (χ1) is 34.9. The number of alkyl carbamates (subject to hydrolysis) is 1. The molecule has 2 heterocycles. The molecule has 73 heavy (non-hydrogen) atoms. The van der Waals surface area contributed by atoms with Gasteiger partial charge in [0.15, 0.2) is 11.6 Å². The van der Waals surface area contributed by atoms with Crippen molar-refractivity contribution in [2.24, 2.45) is 11.1 Å². The number of carbonyl (C=O) groups excluding carboxylic acids is 7. The Morgan fingerprint density at radius 2 is 1.15 bits per heavy atom. The van der Waals surface area contributed by atoms with Crippen molar-refractivity contribution < 1.29 is 62.0 Å². The van der Waals surface area contributed by atoms with E-state index in [0.29, 0.717) is 180 Å². The third-order valence-corrected chi connectivity index (χ3v) is 13.6. The van der Waals surface area contributed by atoms with E-state index in [1.54, 1.807) is 20.8 Å². The summed E-state index contributed by atoms with van der Waals surface area (Å²) in [7, 11) is 0. The van der Waals surface area contributed by atoms with Crippen LogP contribution >= 0.6 is 11.8 Å². The number of hydrogen-bond acceptors (Lipinski definition) is 16. The van der Waals surface area contributed by atoms with Crippen molar-refractivity contribution in [1.82, 2.24) is 37.2 Å². The Balaban J connectivity index is 1.10. The molecule has 21 nitrogen and oxygen atoms in total. The van der Waals surface area contributed by atoms with Gasteiger partial charge in [-0.3, -0.25) is 24.0 Å². The van der Waals surface area contributed by atoms with Crippen molar-refractivity contribution in [1.29, 1.82) is 0 Å². The van der Waals surface area contributed by atoms with Crippen LogP contribution in [0.15, 0.2) is 11.3 Å². The minimum Gasteiger partial charge on any atom is -0.444 e. The van der Waals surface area contributed by atoms with Crippen LogP contribution in [0, 0.1) is 5.41 Å². The summed E-state index contributed by atoms with van der Waals surface area (Å²) in [5, 5.41) is 21.0. The molecule has 9 N–H and O–H groups in total. The lowest BCUT2D eigenvalue weighted by Crippen LogP contribution is -2.41. The number of nitrogens with two attached hydrogens (primary N) is 1. The first kappa shape index (κ1) is 63.2. The van der Waals surface area contributed by atoms with Gasteiger partial charge in [0.2, 0.25) is 17.7 Å². The summed E-state index contributed by atoms with van der Waals surface area (Å²) in [6.45, 7) is 15.5. The van der Waals surface area contributed by atoms with Crippen molar-refractivity contribution >= 4 is 53.2 Å². The lowest BCUT2D eigenvalue weighted by Gasteiger charge is -2.30. The highest BCUT2D eigenvalue weighted by Crippen LogP contribution is 2.35. The molecule has 0 bridgehead atoms. The molecule has 1 saturated carbocycles. The highest BCUT2D eigenvalue weighted by Gasteiger charge is 2.42. The molecule has 22 heteroatoms. The van der Waals surface area contributed by atoms with E-state index in [1.165, 1.54) is 0 Å². The average Bonchev–Trinajstić information content (AvgIpc) is 3.88. The van der Waals surface area contributed by atoms with Crippen LogP contribution < -0.4 is 43.0 Å². The molecule has 1 aliphatic carbocycles. The smallest absolute Gasteiger partial charge is 0.407 e. The average molecular weight is 1060 g/mol. The lowest BCUT2D eigenvalue weighted by molar-refractivity contribution is -0.128. The van der Waals surface area contributed by atoms with Crippen molar-refractivity contribution in [3.05, 3.63) is 11.3 Å². The van der Waals surface area contributed by atoms with Gasteiger partial charge in [-0.05, 0) is 90.4 Å². The molecule has 4 atom stereocenters. The fourth-order valence-electron chi connectivity index (χ4n) is 8.39. The van der Waals surface area contributed by atoms with Crippen molar-refractivity contribution in [2.45, 2.75) is 160 Å². The predicted molar refractivity (Wildman–Crippen MR) is 279 cm³/mol.